The van der Waals surface area contributed by atoms with E-state index >= 15 is 0 Å². The van der Waals surface area contributed by atoms with Crippen molar-refractivity contribution in [2.45, 2.75) is 26.3 Å². The number of nitrogens with one attached hydrogen (secondary N) is 1. The molecule has 0 atom stereocenters. The molecule has 0 saturated heterocycles. The molecule has 0 heterocycles. The molecule has 0 aliphatic rings. The van der Waals surface area contributed by atoms with E-state index in [-0.39, 0.29) is 11.3 Å². The Hall–Kier alpha value is -0.800. The normalized spacial score (nSPS) is 11.6. The number of para-hydroxylation sites is 1. The fourth-order valence-electron chi connectivity index (χ4n) is 1.20. The monoisotopic (exact) mass is 245 g/mol. The van der Waals surface area contributed by atoms with Crippen LogP contribution in [0.2, 0.25) is 5.02 Å². The average molecular weight is 246 g/mol. The third-order valence-corrected chi connectivity index (χ3v) is 2.22. The molecule has 4 heteroatoms. The smallest absolute Gasteiger partial charge is 0.173 e. The van der Waals surface area contributed by atoms with Gasteiger partial charge in [-0.1, -0.05) is 17.7 Å². The van der Waals surface area contributed by atoms with Crippen molar-refractivity contribution in [3.05, 3.63) is 29.0 Å². The van der Waals surface area contributed by atoms with E-state index in [4.69, 9.17) is 16.3 Å². The van der Waals surface area contributed by atoms with Crippen LogP contribution in [-0.2, 0) is 0 Å². The maximum absolute atomic E-state index is 13.3. The van der Waals surface area contributed by atoms with E-state index in [0.717, 1.165) is 0 Å². The van der Waals surface area contributed by atoms with Gasteiger partial charge in [-0.3, -0.25) is 0 Å². The second-order valence-electron chi connectivity index (χ2n) is 4.58. The van der Waals surface area contributed by atoms with Crippen molar-refractivity contribution in [1.82, 2.24) is 5.32 Å². The molecular weight excluding hydrogens is 229 g/mol. The van der Waals surface area contributed by atoms with Gasteiger partial charge in [0.15, 0.2) is 11.6 Å². The molecule has 1 rings (SSSR count). The van der Waals surface area contributed by atoms with Crippen molar-refractivity contribution in [2.75, 3.05) is 13.2 Å². The van der Waals surface area contributed by atoms with Gasteiger partial charge < -0.3 is 10.1 Å². The van der Waals surface area contributed by atoms with Crippen LogP contribution >= 0.6 is 11.6 Å². The van der Waals surface area contributed by atoms with E-state index in [1.165, 1.54) is 6.07 Å². The number of halogens is 2. The fraction of sp³-hybridized carbons (Fsp3) is 0.500. The lowest BCUT2D eigenvalue weighted by atomic mass is 10.1. The zero-order valence-electron chi connectivity index (χ0n) is 9.81. The summed E-state index contributed by atoms with van der Waals surface area (Å²) in [6, 6.07) is 4.49. The number of benzene rings is 1. The summed E-state index contributed by atoms with van der Waals surface area (Å²) in [5.74, 6) is -0.303. The molecule has 0 saturated carbocycles. The first-order valence-corrected chi connectivity index (χ1v) is 5.60. The van der Waals surface area contributed by atoms with Crippen LogP contribution in [0, 0.1) is 5.82 Å². The van der Waals surface area contributed by atoms with E-state index in [1.807, 2.05) is 0 Å². The maximum atomic E-state index is 13.3. The van der Waals surface area contributed by atoms with Crippen molar-refractivity contribution in [2.24, 2.45) is 0 Å². The van der Waals surface area contributed by atoms with Gasteiger partial charge in [0.2, 0.25) is 0 Å². The minimum absolute atomic E-state index is 0.0301. The van der Waals surface area contributed by atoms with Crippen LogP contribution < -0.4 is 10.1 Å². The van der Waals surface area contributed by atoms with Crippen LogP contribution in [0.5, 0.6) is 5.75 Å². The minimum atomic E-state index is -0.428. The first kappa shape index (κ1) is 13.3. The highest BCUT2D eigenvalue weighted by Gasteiger charge is 2.10. The Morgan fingerprint density at radius 1 is 1.38 bits per heavy atom. The molecule has 0 fully saturated rings. The number of hydrogen-bond donors (Lipinski definition) is 1. The van der Waals surface area contributed by atoms with Gasteiger partial charge in [-0.2, -0.15) is 0 Å². The summed E-state index contributed by atoms with van der Waals surface area (Å²) < 4.78 is 18.6. The van der Waals surface area contributed by atoms with Gasteiger partial charge in [0.05, 0.1) is 5.02 Å². The van der Waals surface area contributed by atoms with Crippen molar-refractivity contribution in [1.29, 1.82) is 0 Å². The van der Waals surface area contributed by atoms with E-state index < -0.39 is 5.82 Å². The van der Waals surface area contributed by atoms with Gasteiger partial charge in [-0.05, 0) is 32.9 Å². The summed E-state index contributed by atoms with van der Waals surface area (Å²) in [4.78, 5) is 0. The van der Waals surface area contributed by atoms with E-state index in [0.29, 0.717) is 18.2 Å². The average Bonchev–Trinajstić information content (AvgIpc) is 2.14. The first-order valence-electron chi connectivity index (χ1n) is 5.22. The van der Waals surface area contributed by atoms with Gasteiger partial charge in [0.25, 0.3) is 0 Å². The summed E-state index contributed by atoms with van der Waals surface area (Å²) in [6.45, 7) is 7.21. The molecule has 1 N–H and O–H groups in total. The van der Waals surface area contributed by atoms with Crippen molar-refractivity contribution in [3.63, 3.8) is 0 Å². The van der Waals surface area contributed by atoms with Crippen molar-refractivity contribution in [3.8, 4) is 5.75 Å². The zero-order valence-corrected chi connectivity index (χ0v) is 10.6. The largest absolute Gasteiger partial charge is 0.488 e. The second kappa shape index (κ2) is 5.51. The van der Waals surface area contributed by atoms with Gasteiger partial charge in [0, 0.05) is 12.1 Å². The molecule has 0 aliphatic carbocycles. The van der Waals surface area contributed by atoms with E-state index in [2.05, 4.69) is 26.1 Å². The van der Waals surface area contributed by atoms with Crippen LogP contribution in [0.15, 0.2) is 18.2 Å². The molecule has 0 aliphatic heterocycles. The molecule has 0 spiro atoms. The quantitative estimate of drug-likeness (QED) is 0.823. The molecule has 2 nitrogen and oxygen atoms in total. The van der Waals surface area contributed by atoms with Crippen molar-refractivity contribution < 1.29 is 9.13 Å². The predicted octanol–water partition coefficient (Wildman–Crippen LogP) is 3.25. The van der Waals surface area contributed by atoms with Crippen LogP contribution in [-0.4, -0.2) is 18.7 Å². The molecule has 0 radical (unpaired) electrons. The SMILES string of the molecule is CC(C)(C)NCCOc1c(F)cccc1Cl. The minimum Gasteiger partial charge on any atom is -0.488 e. The molecular formula is C12H17ClFNO. The zero-order chi connectivity index (χ0) is 12.2. The Balaban J connectivity index is 2.43. The predicted molar refractivity (Wildman–Crippen MR) is 64.7 cm³/mol. The summed E-state index contributed by atoms with van der Waals surface area (Å²) in [5.41, 5.74) is 0.0301. The molecule has 0 aromatic heterocycles. The Morgan fingerprint density at radius 2 is 2.06 bits per heavy atom. The fourth-order valence-corrected chi connectivity index (χ4v) is 1.42. The Bertz CT molecular complexity index is 329. The summed E-state index contributed by atoms with van der Waals surface area (Å²) in [5, 5.41) is 3.54. The Labute approximate surface area is 101 Å². The summed E-state index contributed by atoms with van der Waals surface area (Å²) in [7, 11) is 0. The summed E-state index contributed by atoms with van der Waals surface area (Å²) >= 11 is 5.81. The molecule has 1 aromatic carbocycles. The molecule has 0 amide bonds. The van der Waals surface area contributed by atoms with Gasteiger partial charge in [-0.25, -0.2) is 4.39 Å². The lowest BCUT2D eigenvalue weighted by Gasteiger charge is -2.20. The molecule has 90 valence electrons. The lowest BCUT2D eigenvalue weighted by Crippen LogP contribution is -2.38. The first-order chi connectivity index (χ1) is 7.40. The highest BCUT2D eigenvalue weighted by molar-refractivity contribution is 6.32. The number of ether oxygens (including phenoxy) is 1. The number of hydrogen-bond acceptors (Lipinski definition) is 2. The maximum Gasteiger partial charge on any atom is 0.173 e. The van der Waals surface area contributed by atoms with E-state index in [9.17, 15) is 4.39 Å². The topological polar surface area (TPSA) is 21.3 Å². The third kappa shape index (κ3) is 4.37. The molecule has 1 aromatic rings. The van der Waals surface area contributed by atoms with E-state index in [1.54, 1.807) is 12.1 Å². The molecule has 0 bridgehead atoms. The molecule has 16 heavy (non-hydrogen) atoms. The van der Waals surface area contributed by atoms with Crippen LogP contribution in [0.3, 0.4) is 0 Å². The number of rotatable bonds is 4. The van der Waals surface area contributed by atoms with Crippen LogP contribution in [0.4, 0.5) is 4.39 Å². The Kier molecular flexibility index (Phi) is 4.56. The molecule has 0 unspecified atom stereocenters. The highest BCUT2D eigenvalue weighted by atomic mass is 35.5. The van der Waals surface area contributed by atoms with Crippen LogP contribution in [0.25, 0.3) is 0 Å². The lowest BCUT2D eigenvalue weighted by molar-refractivity contribution is 0.280. The Morgan fingerprint density at radius 3 is 2.62 bits per heavy atom. The van der Waals surface area contributed by atoms with Crippen LogP contribution in [0.1, 0.15) is 20.8 Å². The van der Waals surface area contributed by atoms with Gasteiger partial charge in [0.1, 0.15) is 6.61 Å². The van der Waals surface area contributed by atoms with Gasteiger partial charge >= 0.3 is 0 Å². The van der Waals surface area contributed by atoms with Crippen molar-refractivity contribution >= 4 is 11.6 Å². The summed E-state index contributed by atoms with van der Waals surface area (Å²) in [6.07, 6.45) is 0. The highest BCUT2D eigenvalue weighted by Crippen LogP contribution is 2.26. The second-order valence-corrected chi connectivity index (χ2v) is 4.98. The standard InChI is InChI=1S/C12H17ClFNO/c1-12(2,3)15-7-8-16-11-9(13)5-4-6-10(11)14/h4-6,15H,7-8H2,1-3H3. The van der Waals surface area contributed by atoms with Gasteiger partial charge in [-0.15, -0.1) is 0 Å². The third-order valence-electron chi connectivity index (χ3n) is 1.92.